The molecule has 0 spiro atoms. The zero-order chi connectivity index (χ0) is 11.7. The molecule has 2 N–H and O–H groups in total. The Hall–Kier alpha value is -2.02. The third kappa shape index (κ3) is 1.72. The highest BCUT2D eigenvalue weighted by Crippen LogP contribution is 2.32. The van der Waals surface area contributed by atoms with Crippen molar-refractivity contribution in [3.8, 4) is 11.3 Å². The van der Waals surface area contributed by atoms with E-state index in [1.807, 2.05) is 12.3 Å². The highest BCUT2D eigenvalue weighted by atomic mass is 32.1. The third-order valence-corrected chi connectivity index (χ3v) is 2.94. The normalized spacial score (nSPS) is 10.3. The van der Waals surface area contributed by atoms with Gasteiger partial charge in [0, 0.05) is 10.4 Å². The average Bonchev–Trinajstić information content (AvgIpc) is 2.63. The van der Waals surface area contributed by atoms with E-state index in [-0.39, 0.29) is 17.3 Å². The molecule has 2 rings (SSSR count). The molecule has 0 atom stereocenters. The number of rotatable bonds is 2. The van der Waals surface area contributed by atoms with Crippen LogP contribution in [0.25, 0.3) is 11.3 Å². The van der Waals surface area contributed by atoms with E-state index in [1.165, 1.54) is 11.3 Å². The van der Waals surface area contributed by atoms with Gasteiger partial charge in [0.2, 0.25) is 5.95 Å². The van der Waals surface area contributed by atoms with Crippen LogP contribution in [0.3, 0.4) is 0 Å². The number of aryl methyl sites for hydroxylation is 1. The number of thiophene rings is 1. The lowest BCUT2D eigenvalue weighted by Crippen LogP contribution is -2.01. The first kappa shape index (κ1) is 10.5. The second-order valence-electron chi connectivity index (χ2n) is 3.11. The van der Waals surface area contributed by atoms with Crippen LogP contribution < -0.4 is 5.73 Å². The first-order valence-corrected chi connectivity index (χ1v) is 5.29. The molecule has 82 valence electrons. The first-order valence-electron chi connectivity index (χ1n) is 4.41. The molecule has 16 heavy (non-hydrogen) atoms. The van der Waals surface area contributed by atoms with Crippen molar-refractivity contribution >= 4 is 23.0 Å². The van der Waals surface area contributed by atoms with Gasteiger partial charge < -0.3 is 5.73 Å². The predicted molar refractivity (Wildman–Crippen MR) is 61.1 cm³/mol. The molecule has 2 aromatic heterocycles. The van der Waals surface area contributed by atoms with Gasteiger partial charge in [-0.1, -0.05) is 0 Å². The summed E-state index contributed by atoms with van der Waals surface area (Å²) < 4.78 is 0. The van der Waals surface area contributed by atoms with Gasteiger partial charge in [0.05, 0.1) is 4.92 Å². The largest absolute Gasteiger partial charge is 0.368 e. The van der Waals surface area contributed by atoms with Gasteiger partial charge in [-0.2, -0.15) is 0 Å². The molecule has 2 aromatic rings. The molecule has 0 amide bonds. The van der Waals surface area contributed by atoms with Crippen molar-refractivity contribution in [1.82, 2.24) is 9.97 Å². The van der Waals surface area contributed by atoms with Crippen LogP contribution in [0.1, 0.15) is 4.88 Å². The SMILES string of the molecule is Cc1sccc1-c1nc(N)ncc1[N+](=O)[O-]. The Morgan fingerprint density at radius 3 is 2.88 bits per heavy atom. The topological polar surface area (TPSA) is 94.9 Å². The molecule has 0 aromatic carbocycles. The second kappa shape index (κ2) is 3.86. The van der Waals surface area contributed by atoms with E-state index in [0.29, 0.717) is 0 Å². The summed E-state index contributed by atoms with van der Waals surface area (Å²) in [6, 6.07) is 1.79. The molecule has 0 bridgehead atoms. The fraction of sp³-hybridized carbons (Fsp3) is 0.111. The summed E-state index contributed by atoms with van der Waals surface area (Å²) in [5, 5.41) is 12.7. The molecule has 6 nitrogen and oxygen atoms in total. The van der Waals surface area contributed by atoms with Crippen LogP contribution in [0.5, 0.6) is 0 Å². The number of hydrogen-bond donors (Lipinski definition) is 1. The van der Waals surface area contributed by atoms with Crippen LogP contribution in [-0.2, 0) is 0 Å². The Morgan fingerprint density at radius 1 is 1.56 bits per heavy atom. The fourth-order valence-electron chi connectivity index (χ4n) is 1.35. The number of nitro groups is 1. The Labute approximate surface area is 94.9 Å². The lowest BCUT2D eigenvalue weighted by Gasteiger charge is -2.01. The van der Waals surface area contributed by atoms with Crippen molar-refractivity contribution in [2.24, 2.45) is 0 Å². The summed E-state index contributed by atoms with van der Waals surface area (Å²) in [7, 11) is 0. The van der Waals surface area contributed by atoms with Crippen molar-refractivity contribution in [1.29, 1.82) is 0 Å². The molecule has 7 heteroatoms. The van der Waals surface area contributed by atoms with Crippen molar-refractivity contribution in [2.75, 3.05) is 5.73 Å². The number of nitrogens with zero attached hydrogens (tertiary/aromatic N) is 3. The Bertz CT molecular complexity index is 552. The van der Waals surface area contributed by atoms with E-state index in [9.17, 15) is 10.1 Å². The minimum Gasteiger partial charge on any atom is -0.368 e. The zero-order valence-electron chi connectivity index (χ0n) is 8.38. The summed E-state index contributed by atoms with van der Waals surface area (Å²) >= 11 is 1.50. The molecule has 0 aliphatic carbocycles. The van der Waals surface area contributed by atoms with E-state index in [0.717, 1.165) is 16.6 Å². The highest BCUT2D eigenvalue weighted by Gasteiger charge is 2.20. The molecule has 0 fully saturated rings. The Kier molecular flexibility index (Phi) is 2.53. The summed E-state index contributed by atoms with van der Waals surface area (Å²) in [6.07, 6.45) is 1.13. The summed E-state index contributed by atoms with van der Waals surface area (Å²) in [5.41, 5.74) is 6.32. The van der Waals surface area contributed by atoms with Gasteiger partial charge in [-0.3, -0.25) is 10.1 Å². The molecule has 0 aliphatic rings. The maximum atomic E-state index is 10.8. The standard InChI is InChI=1S/C9H8N4O2S/c1-5-6(2-3-16-5)8-7(13(14)15)4-11-9(10)12-8/h2-4H,1H3,(H2,10,11,12). The third-order valence-electron chi connectivity index (χ3n) is 2.10. The van der Waals surface area contributed by atoms with E-state index >= 15 is 0 Å². The average molecular weight is 236 g/mol. The molecule has 0 radical (unpaired) electrons. The van der Waals surface area contributed by atoms with E-state index in [2.05, 4.69) is 9.97 Å². The first-order chi connectivity index (χ1) is 7.59. The van der Waals surface area contributed by atoms with Crippen LogP contribution in [-0.4, -0.2) is 14.9 Å². The summed E-state index contributed by atoms with van der Waals surface area (Å²) in [5.74, 6) is 0.0335. The minimum absolute atomic E-state index is 0.0335. The Morgan fingerprint density at radius 2 is 2.31 bits per heavy atom. The molecule has 0 saturated carbocycles. The monoisotopic (exact) mass is 236 g/mol. The second-order valence-corrected chi connectivity index (χ2v) is 4.23. The molecule has 0 aliphatic heterocycles. The van der Waals surface area contributed by atoms with Crippen LogP contribution >= 0.6 is 11.3 Å². The van der Waals surface area contributed by atoms with Gasteiger partial charge in [0.15, 0.2) is 5.69 Å². The van der Waals surface area contributed by atoms with Crippen LogP contribution in [0.2, 0.25) is 0 Å². The maximum Gasteiger partial charge on any atom is 0.313 e. The molecule has 0 unspecified atom stereocenters. The number of hydrogen-bond acceptors (Lipinski definition) is 6. The van der Waals surface area contributed by atoms with Crippen LogP contribution in [0.15, 0.2) is 17.6 Å². The van der Waals surface area contributed by atoms with Gasteiger partial charge in [-0.15, -0.1) is 11.3 Å². The quantitative estimate of drug-likeness (QED) is 0.635. The van der Waals surface area contributed by atoms with Crippen LogP contribution in [0.4, 0.5) is 11.6 Å². The van der Waals surface area contributed by atoms with Gasteiger partial charge >= 0.3 is 5.69 Å². The fourth-order valence-corrected chi connectivity index (χ4v) is 2.05. The number of nitrogens with two attached hydrogens (primary N) is 1. The van der Waals surface area contributed by atoms with Gasteiger partial charge in [-0.05, 0) is 18.4 Å². The lowest BCUT2D eigenvalue weighted by molar-refractivity contribution is -0.384. The number of aromatic nitrogens is 2. The van der Waals surface area contributed by atoms with Crippen molar-refractivity contribution in [2.45, 2.75) is 6.92 Å². The number of anilines is 1. The zero-order valence-corrected chi connectivity index (χ0v) is 9.19. The maximum absolute atomic E-state index is 10.8. The smallest absolute Gasteiger partial charge is 0.313 e. The summed E-state index contributed by atoms with van der Waals surface area (Å²) in [6.45, 7) is 1.88. The van der Waals surface area contributed by atoms with E-state index < -0.39 is 4.92 Å². The molecule has 0 saturated heterocycles. The number of nitrogen functional groups attached to an aromatic ring is 1. The highest BCUT2D eigenvalue weighted by molar-refractivity contribution is 7.10. The minimum atomic E-state index is -0.508. The van der Waals surface area contributed by atoms with Crippen LogP contribution in [0, 0.1) is 17.0 Å². The van der Waals surface area contributed by atoms with Gasteiger partial charge in [-0.25, -0.2) is 9.97 Å². The van der Waals surface area contributed by atoms with Crippen molar-refractivity contribution in [3.63, 3.8) is 0 Å². The van der Waals surface area contributed by atoms with Gasteiger partial charge in [0.25, 0.3) is 0 Å². The lowest BCUT2D eigenvalue weighted by atomic mass is 10.1. The van der Waals surface area contributed by atoms with E-state index in [4.69, 9.17) is 5.73 Å². The molecular formula is C9H8N4O2S. The van der Waals surface area contributed by atoms with Crippen molar-refractivity contribution < 1.29 is 4.92 Å². The van der Waals surface area contributed by atoms with Crippen molar-refractivity contribution in [3.05, 3.63) is 32.6 Å². The predicted octanol–water partition coefficient (Wildman–Crippen LogP) is 2.00. The molecule has 2 heterocycles. The molecular weight excluding hydrogens is 228 g/mol. The van der Waals surface area contributed by atoms with E-state index in [1.54, 1.807) is 6.07 Å². The van der Waals surface area contributed by atoms with Gasteiger partial charge in [0.1, 0.15) is 6.20 Å². The Balaban J connectivity index is 2.67. The summed E-state index contributed by atoms with van der Waals surface area (Å²) in [4.78, 5) is 18.8.